The largest absolute Gasteiger partial charge is 0.288 e. The van der Waals surface area contributed by atoms with Crippen LogP contribution in [0.2, 0.25) is 0 Å². The highest BCUT2D eigenvalue weighted by atomic mass is 32.1. The van der Waals surface area contributed by atoms with Crippen LogP contribution in [0.1, 0.15) is 42.6 Å². The minimum absolute atomic E-state index is 0.0624. The maximum Gasteiger partial charge on any atom is 0.267 e. The van der Waals surface area contributed by atoms with Gasteiger partial charge in [-0.3, -0.25) is 10.0 Å². The Morgan fingerprint density at radius 2 is 2.13 bits per heavy atom. The van der Waals surface area contributed by atoms with E-state index in [4.69, 9.17) is 5.21 Å². The Kier molecular flexibility index (Phi) is 7.64. The van der Waals surface area contributed by atoms with Crippen molar-refractivity contribution in [2.45, 2.75) is 32.7 Å². The third kappa shape index (κ3) is 5.71. The van der Waals surface area contributed by atoms with Crippen LogP contribution in [0.3, 0.4) is 0 Å². The molecule has 3 rings (SSSR count). The van der Waals surface area contributed by atoms with E-state index in [1.165, 1.54) is 17.7 Å². The number of hydrogen-bond donors (Lipinski definition) is 2. The zero-order valence-corrected chi connectivity index (χ0v) is 17.8. The molecule has 0 aliphatic rings. The number of hydrogen-bond acceptors (Lipinski definition) is 6. The number of nitrogens with one attached hydrogen (secondary N) is 1. The summed E-state index contributed by atoms with van der Waals surface area (Å²) < 4.78 is 1.83. The van der Waals surface area contributed by atoms with E-state index in [0.717, 1.165) is 17.0 Å². The summed E-state index contributed by atoms with van der Waals surface area (Å²) >= 11 is 1.62. The number of aromatic nitrogens is 4. The van der Waals surface area contributed by atoms with E-state index >= 15 is 0 Å². The Balaban J connectivity index is 2.00. The van der Waals surface area contributed by atoms with Crippen LogP contribution in [0.25, 0.3) is 12.2 Å². The van der Waals surface area contributed by atoms with Crippen molar-refractivity contribution in [2.24, 2.45) is 5.92 Å². The van der Waals surface area contributed by atoms with Crippen LogP contribution in [0.15, 0.2) is 59.8 Å². The minimum Gasteiger partial charge on any atom is -0.288 e. The number of thiazole rings is 1. The van der Waals surface area contributed by atoms with E-state index < -0.39 is 5.91 Å². The van der Waals surface area contributed by atoms with Crippen molar-refractivity contribution in [3.05, 3.63) is 76.0 Å². The lowest BCUT2D eigenvalue weighted by Gasteiger charge is -2.24. The summed E-state index contributed by atoms with van der Waals surface area (Å²) in [6.45, 7) is 4.39. The molecule has 2 aromatic heterocycles. The molecule has 8 heteroatoms. The van der Waals surface area contributed by atoms with Crippen molar-refractivity contribution in [3.63, 3.8) is 0 Å². The maximum absolute atomic E-state index is 11.3. The average molecular weight is 424 g/mol. The summed E-state index contributed by atoms with van der Waals surface area (Å²) in [4.78, 5) is 15.7. The summed E-state index contributed by atoms with van der Waals surface area (Å²) in [5.41, 5.74) is 4.48. The van der Waals surface area contributed by atoms with Crippen molar-refractivity contribution in [2.75, 3.05) is 0 Å². The number of hydroxylamine groups is 1. The van der Waals surface area contributed by atoms with Gasteiger partial charge in [-0.15, -0.1) is 16.4 Å². The van der Waals surface area contributed by atoms with Gasteiger partial charge in [0.05, 0.1) is 17.2 Å². The lowest BCUT2D eigenvalue weighted by molar-refractivity contribution is -0.124. The molecule has 0 aliphatic carbocycles. The molecular formula is C22H25N5O2S. The molecule has 2 N–H and O–H groups in total. The highest BCUT2D eigenvalue weighted by molar-refractivity contribution is 7.09. The summed E-state index contributed by atoms with van der Waals surface area (Å²) in [5, 5.41) is 20.1. The molecule has 156 valence electrons. The molecule has 2 unspecified atom stereocenters. The zero-order valence-electron chi connectivity index (χ0n) is 17.0. The Bertz CT molecular complexity index is 996. The van der Waals surface area contributed by atoms with Gasteiger partial charge in [0, 0.05) is 24.1 Å². The first-order valence-electron chi connectivity index (χ1n) is 9.79. The number of rotatable bonds is 9. The number of carbonyl (C=O) groups excluding carboxylic acids is 1. The van der Waals surface area contributed by atoms with Crippen molar-refractivity contribution >= 4 is 29.4 Å². The fourth-order valence-corrected chi connectivity index (χ4v) is 3.80. The predicted octanol–water partition coefficient (Wildman–Crippen LogP) is 4.17. The summed E-state index contributed by atoms with van der Waals surface area (Å²) in [6.07, 6.45) is 10.3. The van der Waals surface area contributed by atoms with Crippen LogP contribution in [-0.4, -0.2) is 31.1 Å². The average Bonchev–Trinajstić information content (AvgIpc) is 3.46. The first-order chi connectivity index (χ1) is 14.6. The lowest BCUT2D eigenvalue weighted by Crippen LogP contribution is -2.19. The Labute approximate surface area is 179 Å². The van der Waals surface area contributed by atoms with Crippen LogP contribution < -0.4 is 5.48 Å². The molecule has 2 heterocycles. The highest BCUT2D eigenvalue weighted by Crippen LogP contribution is 2.32. The van der Waals surface area contributed by atoms with Gasteiger partial charge >= 0.3 is 0 Å². The number of amides is 1. The quantitative estimate of drug-likeness (QED) is 0.306. The van der Waals surface area contributed by atoms with Crippen LogP contribution in [0.4, 0.5) is 0 Å². The third-order valence-electron chi connectivity index (χ3n) is 4.91. The van der Waals surface area contributed by atoms with Gasteiger partial charge in [-0.2, -0.15) is 0 Å². The second kappa shape index (κ2) is 10.6. The van der Waals surface area contributed by atoms with Gasteiger partial charge in [-0.05, 0) is 29.6 Å². The minimum atomic E-state index is -0.617. The van der Waals surface area contributed by atoms with Crippen LogP contribution in [-0.2, 0) is 11.2 Å². The molecule has 0 radical (unpaired) electrons. The fourth-order valence-electron chi connectivity index (χ4n) is 3.15. The van der Waals surface area contributed by atoms with Gasteiger partial charge in [0.2, 0.25) is 0 Å². The summed E-state index contributed by atoms with van der Waals surface area (Å²) in [6, 6.07) is 10.2. The van der Waals surface area contributed by atoms with Gasteiger partial charge in [-0.25, -0.2) is 15.1 Å². The second-order valence-corrected chi connectivity index (χ2v) is 7.92. The molecule has 1 aromatic carbocycles. The molecule has 0 bridgehead atoms. The Hall–Kier alpha value is -3.10. The van der Waals surface area contributed by atoms with Crippen LogP contribution in [0, 0.1) is 5.92 Å². The molecule has 0 aliphatic heterocycles. The molecule has 0 saturated carbocycles. The SMILES string of the molecule is CCC(C)C(=Cc1ccccc1)C(Cc1nccs1)n1cc(C=CC(=O)NO)nn1. The standard InChI is InChI=1S/C22H25N5O2S/c1-3-16(2)19(13-17-7-5-4-6-8-17)20(14-22-23-11-12-30-22)27-15-18(24-26-27)9-10-21(28)25-29/h4-13,15-16,20,29H,3,14H2,1-2H3,(H,25,28). The molecule has 2 atom stereocenters. The van der Waals surface area contributed by atoms with Crippen molar-refractivity contribution in [1.29, 1.82) is 0 Å². The van der Waals surface area contributed by atoms with Crippen molar-refractivity contribution in [1.82, 2.24) is 25.5 Å². The molecule has 3 aromatic rings. The molecule has 1 amide bonds. The van der Waals surface area contributed by atoms with Crippen LogP contribution >= 0.6 is 11.3 Å². The first kappa shape index (κ1) is 21.6. The van der Waals surface area contributed by atoms with Gasteiger partial charge in [0.1, 0.15) is 5.69 Å². The summed E-state index contributed by atoms with van der Waals surface area (Å²) in [5.74, 6) is -0.285. The smallest absolute Gasteiger partial charge is 0.267 e. The fraction of sp³-hybridized carbons (Fsp3) is 0.273. The monoisotopic (exact) mass is 423 g/mol. The number of allylic oxidation sites excluding steroid dienone is 1. The Morgan fingerprint density at radius 3 is 2.80 bits per heavy atom. The third-order valence-corrected chi connectivity index (χ3v) is 5.72. The van der Waals surface area contributed by atoms with E-state index in [2.05, 4.69) is 47.4 Å². The highest BCUT2D eigenvalue weighted by Gasteiger charge is 2.23. The van der Waals surface area contributed by atoms with E-state index in [0.29, 0.717) is 18.0 Å². The summed E-state index contributed by atoms with van der Waals surface area (Å²) in [7, 11) is 0. The van der Waals surface area contributed by atoms with Crippen LogP contribution in [0.5, 0.6) is 0 Å². The number of benzene rings is 1. The van der Waals surface area contributed by atoms with Gasteiger partial charge in [0.15, 0.2) is 0 Å². The van der Waals surface area contributed by atoms with Gasteiger partial charge in [-0.1, -0.05) is 55.5 Å². The maximum atomic E-state index is 11.3. The molecular weight excluding hydrogens is 398 g/mol. The van der Waals surface area contributed by atoms with Gasteiger partial charge < -0.3 is 0 Å². The van der Waals surface area contributed by atoms with E-state index in [-0.39, 0.29) is 6.04 Å². The van der Waals surface area contributed by atoms with Crippen molar-refractivity contribution < 1.29 is 10.0 Å². The second-order valence-electron chi connectivity index (χ2n) is 6.94. The molecule has 0 spiro atoms. The lowest BCUT2D eigenvalue weighted by atomic mass is 9.88. The molecule has 7 nitrogen and oxygen atoms in total. The van der Waals surface area contributed by atoms with Gasteiger partial charge in [0.25, 0.3) is 5.91 Å². The molecule has 0 fully saturated rings. The number of nitrogens with zero attached hydrogens (tertiary/aromatic N) is 4. The normalized spacial score (nSPS) is 14.0. The Morgan fingerprint density at radius 1 is 1.33 bits per heavy atom. The molecule has 30 heavy (non-hydrogen) atoms. The zero-order chi connectivity index (χ0) is 21.3. The topological polar surface area (TPSA) is 92.9 Å². The first-order valence-corrected chi connectivity index (χ1v) is 10.7. The van der Waals surface area contributed by atoms with E-state index in [9.17, 15) is 4.79 Å². The van der Waals surface area contributed by atoms with E-state index in [1.54, 1.807) is 23.0 Å². The predicted molar refractivity (Wildman–Crippen MR) is 118 cm³/mol. The number of carbonyl (C=O) groups is 1. The van der Waals surface area contributed by atoms with E-state index in [1.807, 2.05) is 34.5 Å². The molecule has 0 saturated heterocycles. The van der Waals surface area contributed by atoms with Crippen molar-refractivity contribution in [3.8, 4) is 0 Å².